The Morgan fingerprint density at radius 1 is 1.03 bits per heavy atom. The number of amides is 1. The van der Waals surface area contributed by atoms with Crippen molar-refractivity contribution >= 4 is 28.3 Å². The number of hydrogen-bond donors (Lipinski definition) is 1. The van der Waals surface area contributed by atoms with E-state index < -0.39 is 0 Å². The van der Waals surface area contributed by atoms with E-state index >= 15 is 0 Å². The Balaban J connectivity index is 1.51. The van der Waals surface area contributed by atoms with Gasteiger partial charge in [0.15, 0.2) is 0 Å². The number of aromatic nitrogens is 2. The highest BCUT2D eigenvalue weighted by molar-refractivity contribution is 5.96. The molecule has 0 aliphatic carbocycles. The average molecular weight is 515 g/mol. The van der Waals surface area contributed by atoms with Crippen LogP contribution in [0.25, 0.3) is 11.0 Å². The van der Waals surface area contributed by atoms with Gasteiger partial charge in [-0.05, 0) is 60.5 Å². The predicted octanol–water partition coefficient (Wildman–Crippen LogP) is 5.14. The first kappa shape index (κ1) is 25.6. The molecule has 1 atom stereocenters. The van der Waals surface area contributed by atoms with Crippen molar-refractivity contribution in [2.24, 2.45) is 0 Å². The molecule has 198 valence electrons. The molecule has 1 fully saturated rings. The molecule has 8 heteroatoms. The zero-order valence-corrected chi connectivity index (χ0v) is 22.1. The van der Waals surface area contributed by atoms with Crippen molar-refractivity contribution < 1.29 is 19.0 Å². The Labute approximate surface area is 223 Å². The minimum absolute atomic E-state index is 0.0354. The van der Waals surface area contributed by atoms with E-state index in [1.54, 1.807) is 20.3 Å². The summed E-state index contributed by atoms with van der Waals surface area (Å²) in [7, 11) is 3.22. The smallest absolute Gasteiger partial charge is 0.232 e. The molecule has 1 unspecified atom stereocenters. The number of nitrogens with zero attached hydrogens (tertiary/aromatic N) is 3. The number of para-hydroxylation sites is 2. The van der Waals surface area contributed by atoms with Gasteiger partial charge < -0.3 is 29.0 Å². The fraction of sp³-hybridized carbons (Fsp3) is 0.333. The molecule has 38 heavy (non-hydrogen) atoms. The van der Waals surface area contributed by atoms with Crippen molar-refractivity contribution in [3.05, 3.63) is 78.1 Å². The van der Waals surface area contributed by atoms with Crippen LogP contribution in [0.5, 0.6) is 11.5 Å². The Morgan fingerprint density at radius 2 is 1.71 bits per heavy atom. The molecule has 0 radical (unpaired) electrons. The lowest BCUT2D eigenvalue weighted by Gasteiger charge is -2.32. The van der Waals surface area contributed by atoms with Gasteiger partial charge in [-0.3, -0.25) is 4.79 Å². The number of fused-ring (bicyclic) bond motifs is 1. The van der Waals surface area contributed by atoms with Crippen LogP contribution in [-0.4, -0.2) is 56.4 Å². The van der Waals surface area contributed by atoms with Gasteiger partial charge in [0.05, 0.1) is 50.9 Å². The van der Waals surface area contributed by atoms with E-state index in [0.29, 0.717) is 17.9 Å². The van der Waals surface area contributed by atoms with Gasteiger partial charge in [-0.25, -0.2) is 4.98 Å². The summed E-state index contributed by atoms with van der Waals surface area (Å²) in [6.07, 6.45) is 0.883. The van der Waals surface area contributed by atoms with Crippen LogP contribution < -0.4 is 19.3 Å². The van der Waals surface area contributed by atoms with Crippen molar-refractivity contribution in [2.45, 2.75) is 25.8 Å². The fourth-order valence-electron chi connectivity index (χ4n) is 5.00. The fourth-order valence-corrected chi connectivity index (χ4v) is 5.00. The van der Waals surface area contributed by atoms with E-state index in [4.69, 9.17) is 19.2 Å². The highest BCUT2D eigenvalue weighted by Crippen LogP contribution is 2.33. The quantitative estimate of drug-likeness (QED) is 0.333. The first-order valence-electron chi connectivity index (χ1n) is 13.0. The molecule has 5 rings (SSSR count). The normalized spacial score (nSPS) is 14.3. The van der Waals surface area contributed by atoms with Gasteiger partial charge in [-0.15, -0.1) is 0 Å². The number of carbonyl (C=O) groups excluding carboxylic acids is 1. The molecule has 0 bridgehead atoms. The maximum absolute atomic E-state index is 14.1. The second kappa shape index (κ2) is 11.6. The topological polar surface area (TPSA) is 79.9 Å². The minimum atomic E-state index is -0.267. The second-order valence-corrected chi connectivity index (χ2v) is 9.34. The minimum Gasteiger partial charge on any atom is -0.497 e. The van der Waals surface area contributed by atoms with Crippen LogP contribution in [0.3, 0.4) is 0 Å². The molecule has 3 aromatic carbocycles. The predicted molar refractivity (Wildman–Crippen MR) is 149 cm³/mol. The maximum Gasteiger partial charge on any atom is 0.232 e. The number of carbonyl (C=O) groups is 1. The third kappa shape index (κ3) is 5.45. The van der Waals surface area contributed by atoms with Gasteiger partial charge in [-0.1, -0.05) is 19.1 Å². The van der Waals surface area contributed by atoms with E-state index in [-0.39, 0.29) is 18.4 Å². The van der Waals surface area contributed by atoms with Crippen molar-refractivity contribution in [3.63, 3.8) is 0 Å². The first-order valence-corrected chi connectivity index (χ1v) is 13.0. The summed E-state index contributed by atoms with van der Waals surface area (Å²) in [6.45, 7) is 5.24. The average Bonchev–Trinajstić information content (AvgIpc) is 3.40. The van der Waals surface area contributed by atoms with Gasteiger partial charge in [0.25, 0.3) is 0 Å². The summed E-state index contributed by atoms with van der Waals surface area (Å²) in [5, 5.41) is 0. The van der Waals surface area contributed by atoms with Gasteiger partial charge in [-0.2, -0.15) is 0 Å². The summed E-state index contributed by atoms with van der Waals surface area (Å²) < 4.78 is 16.4. The molecule has 0 saturated carbocycles. The molecular weight excluding hydrogens is 480 g/mol. The third-order valence-corrected chi connectivity index (χ3v) is 6.96. The van der Waals surface area contributed by atoms with Gasteiger partial charge in [0.2, 0.25) is 5.91 Å². The molecule has 2 heterocycles. The zero-order chi connectivity index (χ0) is 26.5. The Hall–Kier alpha value is -4.04. The molecule has 1 saturated heterocycles. The number of nitrogens with one attached hydrogen (secondary N) is 1. The van der Waals surface area contributed by atoms with E-state index in [2.05, 4.69) is 28.9 Å². The van der Waals surface area contributed by atoms with Crippen LogP contribution >= 0.6 is 0 Å². The zero-order valence-electron chi connectivity index (χ0n) is 22.1. The number of methoxy groups -OCH3 is 2. The highest BCUT2D eigenvalue weighted by Gasteiger charge is 2.28. The molecule has 1 amide bonds. The SMILES string of the molecule is CCC(c1nc2ccccc2[nH]1)N(C(=O)Cc1cc(OC)cc(OC)c1)c1ccc(N2CCOCC2)cc1. The number of ether oxygens (including phenoxy) is 3. The number of hydrogen-bond acceptors (Lipinski definition) is 6. The second-order valence-electron chi connectivity index (χ2n) is 9.34. The first-order chi connectivity index (χ1) is 18.6. The lowest BCUT2D eigenvalue weighted by Crippen LogP contribution is -2.37. The number of aromatic amines is 1. The van der Waals surface area contributed by atoms with Crippen molar-refractivity contribution in [2.75, 3.05) is 50.3 Å². The number of morpholine rings is 1. The summed E-state index contributed by atoms with van der Waals surface area (Å²) >= 11 is 0. The van der Waals surface area contributed by atoms with Crippen molar-refractivity contribution in [3.8, 4) is 11.5 Å². The van der Waals surface area contributed by atoms with E-state index in [9.17, 15) is 4.79 Å². The van der Waals surface area contributed by atoms with Crippen LogP contribution in [0.2, 0.25) is 0 Å². The van der Waals surface area contributed by atoms with Gasteiger partial charge in [0.1, 0.15) is 17.3 Å². The summed E-state index contributed by atoms with van der Waals surface area (Å²) in [4.78, 5) is 26.5. The van der Waals surface area contributed by atoms with E-state index in [1.165, 1.54) is 0 Å². The van der Waals surface area contributed by atoms with Crippen LogP contribution in [0.15, 0.2) is 66.7 Å². The lowest BCUT2D eigenvalue weighted by atomic mass is 10.1. The Bertz CT molecular complexity index is 1320. The monoisotopic (exact) mass is 514 g/mol. The molecule has 1 aliphatic heterocycles. The molecule has 1 aliphatic rings. The van der Waals surface area contributed by atoms with Crippen LogP contribution in [0.4, 0.5) is 11.4 Å². The number of benzene rings is 3. The molecule has 1 aromatic heterocycles. The molecular formula is C30H34N4O4. The summed E-state index contributed by atoms with van der Waals surface area (Å²) in [5.74, 6) is 2.03. The van der Waals surface area contributed by atoms with Crippen LogP contribution in [-0.2, 0) is 16.0 Å². The van der Waals surface area contributed by atoms with E-state index in [1.807, 2.05) is 53.4 Å². The Morgan fingerprint density at radius 3 is 2.34 bits per heavy atom. The van der Waals surface area contributed by atoms with Crippen LogP contribution in [0.1, 0.15) is 30.8 Å². The molecule has 0 spiro atoms. The molecule has 1 N–H and O–H groups in total. The van der Waals surface area contributed by atoms with Crippen LogP contribution in [0, 0.1) is 0 Å². The van der Waals surface area contributed by atoms with Gasteiger partial charge in [0, 0.05) is 30.5 Å². The summed E-state index contributed by atoms with van der Waals surface area (Å²) in [5.41, 5.74) is 4.61. The largest absolute Gasteiger partial charge is 0.497 e. The van der Waals surface area contributed by atoms with Gasteiger partial charge >= 0.3 is 0 Å². The number of imidazole rings is 1. The summed E-state index contributed by atoms with van der Waals surface area (Å²) in [6, 6.07) is 21.5. The highest BCUT2D eigenvalue weighted by atomic mass is 16.5. The van der Waals surface area contributed by atoms with Crippen molar-refractivity contribution in [1.82, 2.24) is 9.97 Å². The number of anilines is 2. The number of rotatable bonds is 9. The van der Waals surface area contributed by atoms with E-state index in [0.717, 1.165) is 60.1 Å². The molecule has 4 aromatic rings. The Kier molecular flexibility index (Phi) is 7.79. The van der Waals surface area contributed by atoms with Crippen molar-refractivity contribution in [1.29, 1.82) is 0 Å². The molecule has 8 nitrogen and oxygen atoms in total. The standard InChI is InChI=1S/C30H34N4O4/c1-4-28(30-31-26-7-5-6-8-27(26)32-30)34(23-11-9-22(10-12-23)33-13-15-38-16-14-33)29(35)19-21-17-24(36-2)20-25(18-21)37-3/h5-12,17-18,20,28H,4,13-16,19H2,1-3H3,(H,31,32). The lowest BCUT2D eigenvalue weighted by molar-refractivity contribution is -0.118. The third-order valence-electron chi connectivity index (χ3n) is 6.96. The maximum atomic E-state index is 14.1. The number of H-pyrrole nitrogens is 1.